The van der Waals surface area contributed by atoms with E-state index in [-0.39, 0.29) is 11.3 Å². The average molecular weight is 483 g/mol. The van der Waals surface area contributed by atoms with Crippen LogP contribution in [0.2, 0.25) is 0 Å². The minimum Gasteiger partial charge on any atom is -0.507 e. The van der Waals surface area contributed by atoms with Crippen molar-refractivity contribution in [1.82, 2.24) is 9.80 Å². The SMILES string of the molecule is CCOc1ccc(/C(O)=C2\C(=O)C(=O)N(CCN(C)C)[C@H]2c2ccc(OCC)c(OCC)c2)cc1. The lowest BCUT2D eigenvalue weighted by Crippen LogP contribution is -2.35. The lowest BCUT2D eigenvalue weighted by Gasteiger charge is -2.27. The number of nitrogens with zero attached hydrogens (tertiary/aromatic N) is 2. The van der Waals surface area contributed by atoms with E-state index in [2.05, 4.69) is 0 Å². The van der Waals surface area contributed by atoms with Crippen LogP contribution < -0.4 is 14.2 Å². The van der Waals surface area contributed by atoms with E-state index in [0.717, 1.165) is 0 Å². The number of rotatable bonds is 11. The second-order valence-corrected chi connectivity index (χ2v) is 8.33. The van der Waals surface area contributed by atoms with Crippen molar-refractivity contribution in [2.45, 2.75) is 26.8 Å². The molecular formula is C27H34N2O6. The summed E-state index contributed by atoms with van der Waals surface area (Å²) in [6.45, 7) is 7.93. The number of ketones is 1. The molecule has 8 heteroatoms. The van der Waals surface area contributed by atoms with Gasteiger partial charge in [0.2, 0.25) is 0 Å². The first-order chi connectivity index (χ1) is 16.8. The van der Waals surface area contributed by atoms with E-state index >= 15 is 0 Å². The number of aliphatic hydroxyl groups excluding tert-OH is 1. The van der Waals surface area contributed by atoms with E-state index in [1.165, 1.54) is 4.90 Å². The van der Waals surface area contributed by atoms with Crippen molar-refractivity contribution < 1.29 is 28.9 Å². The molecule has 0 saturated carbocycles. The maximum absolute atomic E-state index is 13.2. The Hall–Kier alpha value is -3.52. The number of hydrogen-bond acceptors (Lipinski definition) is 7. The van der Waals surface area contributed by atoms with Crippen molar-refractivity contribution >= 4 is 17.4 Å². The molecule has 1 aliphatic heterocycles. The van der Waals surface area contributed by atoms with Gasteiger partial charge in [-0.1, -0.05) is 6.07 Å². The Morgan fingerprint density at radius 2 is 1.54 bits per heavy atom. The van der Waals surface area contributed by atoms with Gasteiger partial charge in [0.1, 0.15) is 11.5 Å². The third-order valence-corrected chi connectivity index (χ3v) is 5.65. The maximum atomic E-state index is 13.2. The van der Waals surface area contributed by atoms with Crippen LogP contribution in [0.25, 0.3) is 5.76 Å². The fraction of sp³-hybridized carbons (Fsp3) is 0.407. The van der Waals surface area contributed by atoms with Crippen LogP contribution in [0.4, 0.5) is 0 Å². The quantitative estimate of drug-likeness (QED) is 0.296. The van der Waals surface area contributed by atoms with Gasteiger partial charge in [0, 0.05) is 18.7 Å². The molecule has 2 aromatic rings. The van der Waals surface area contributed by atoms with Gasteiger partial charge in [0.15, 0.2) is 11.5 Å². The molecule has 2 aromatic carbocycles. The summed E-state index contributed by atoms with van der Waals surface area (Å²) >= 11 is 0. The number of hydrogen-bond donors (Lipinski definition) is 1. The number of likely N-dealkylation sites (N-methyl/N-ethyl adjacent to an activating group) is 1. The van der Waals surface area contributed by atoms with E-state index in [1.807, 2.05) is 39.8 Å². The van der Waals surface area contributed by atoms with Gasteiger partial charge in [-0.25, -0.2) is 0 Å². The molecule has 1 saturated heterocycles. The van der Waals surface area contributed by atoms with Crippen molar-refractivity contribution in [3.63, 3.8) is 0 Å². The predicted octanol–water partition coefficient (Wildman–Crippen LogP) is 3.87. The first-order valence-corrected chi connectivity index (χ1v) is 11.9. The summed E-state index contributed by atoms with van der Waals surface area (Å²) in [6.07, 6.45) is 0. The Kier molecular flexibility index (Phi) is 8.76. The second kappa shape index (κ2) is 11.8. The summed E-state index contributed by atoms with van der Waals surface area (Å²) in [5.41, 5.74) is 1.13. The van der Waals surface area contributed by atoms with Crippen molar-refractivity contribution in [3.8, 4) is 17.2 Å². The highest BCUT2D eigenvalue weighted by Crippen LogP contribution is 2.42. The van der Waals surface area contributed by atoms with Crippen LogP contribution in [0.3, 0.4) is 0 Å². The molecule has 1 aliphatic rings. The number of carbonyl (C=O) groups excluding carboxylic acids is 2. The van der Waals surface area contributed by atoms with Gasteiger partial charge in [0.05, 0.1) is 31.4 Å². The van der Waals surface area contributed by atoms with Crippen LogP contribution in [0.1, 0.15) is 37.9 Å². The zero-order valence-electron chi connectivity index (χ0n) is 21.0. The minimum absolute atomic E-state index is 0.0459. The lowest BCUT2D eigenvalue weighted by atomic mass is 9.95. The number of Topliss-reactive ketones (excluding diaryl/α,β-unsaturated/α-hetero) is 1. The third-order valence-electron chi connectivity index (χ3n) is 5.65. The Morgan fingerprint density at radius 3 is 2.14 bits per heavy atom. The van der Waals surface area contributed by atoms with Crippen molar-refractivity contribution in [2.24, 2.45) is 0 Å². The molecule has 1 N–H and O–H groups in total. The Morgan fingerprint density at radius 1 is 0.914 bits per heavy atom. The largest absolute Gasteiger partial charge is 0.507 e. The predicted molar refractivity (Wildman–Crippen MR) is 134 cm³/mol. The van der Waals surface area contributed by atoms with Crippen LogP contribution in [0.15, 0.2) is 48.0 Å². The van der Waals surface area contributed by atoms with Gasteiger partial charge in [-0.15, -0.1) is 0 Å². The Balaban J connectivity index is 2.14. The van der Waals surface area contributed by atoms with Crippen molar-refractivity contribution in [3.05, 3.63) is 59.2 Å². The number of aliphatic hydroxyl groups is 1. The van der Waals surface area contributed by atoms with Crippen LogP contribution in [-0.2, 0) is 9.59 Å². The van der Waals surface area contributed by atoms with Crippen molar-refractivity contribution in [1.29, 1.82) is 0 Å². The molecule has 8 nitrogen and oxygen atoms in total. The van der Waals surface area contributed by atoms with Gasteiger partial charge in [-0.3, -0.25) is 9.59 Å². The standard InChI is InChI=1S/C27H34N2O6/c1-6-33-20-12-9-18(10-13-20)25(30)23-24(29(16-15-28(4)5)27(32)26(23)31)19-11-14-21(34-7-2)22(17-19)35-8-3/h9-14,17,24,30H,6-8,15-16H2,1-5H3/b25-23+/t24-/m0/s1. The fourth-order valence-electron chi connectivity index (χ4n) is 4.03. The summed E-state index contributed by atoms with van der Waals surface area (Å²) in [5.74, 6) is 0.166. The van der Waals surface area contributed by atoms with Crippen molar-refractivity contribution in [2.75, 3.05) is 47.0 Å². The fourth-order valence-corrected chi connectivity index (χ4v) is 4.03. The van der Waals surface area contributed by atoms with Crippen LogP contribution >= 0.6 is 0 Å². The molecule has 0 aliphatic carbocycles. The van der Waals surface area contributed by atoms with E-state index in [4.69, 9.17) is 14.2 Å². The number of benzene rings is 2. The number of amides is 1. The number of ether oxygens (including phenoxy) is 3. The lowest BCUT2D eigenvalue weighted by molar-refractivity contribution is -0.140. The van der Waals surface area contributed by atoms with Gasteiger partial charge < -0.3 is 29.1 Å². The summed E-state index contributed by atoms with van der Waals surface area (Å²) in [5, 5.41) is 11.2. The van der Waals surface area contributed by atoms with Crippen LogP contribution in [0, 0.1) is 0 Å². The molecule has 0 aromatic heterocycles. The molecule has 1 amide bonds. The summed E-state index contributed by atoms with van der Waals surface area (Å²) in [4.78, 5) is 29.8. The normalized spacial score (nSPS) is 17.2. The smallest absolute Gasteiger partial charge is 0.295 e. The van der Waals surface area contributed by atoms with E-state index in [9.17, 15) is 14.7 Å². The second-order valence-electron chi connectivity index (χ2n) is 8.33. The molecule has 0 radical (unpaired) electrons. The molecule has 0 spiro atoms. The zero-order valence-corrected chi connectivity index (χ0v) is 21.0. The van der Waals surface area contributed by atoms with E-state index in [1.54, 1.807) is 42.5 Å². The molecular weight excluding hydrogens is 448 g/mol. The Labute approximate surface area is 206 Å². The number of likely N-dealkylation sites (tertiary alicyclic amines) is 1. The molecule has 0 unspecified atom stereocenters. The molecule has 0 bridgehead atoms. The summed E-state index contributed by atoms with van der Waals surface area (Å²) in [7, 11) is 3.80. The highest BCUT2D eigenvalue weighted by atomic mass is 16.5. The molecule has 1 fully saturated rings. The molecule has 35 heavy (non-hydrogen) atoms. The van der Waals surface area contributed by atoms with Crippen LogP contribution in [-0.4, -0.2) is 73.6 Å². The summed E-state index contributed by atoms with van der Waals surface area (Å²) in [6, 6.07) is 11.4. The van der Waals surface area contributed by atoms with E-state index in [0.29, 0.717) is 61.3 Å². The number of carbonyl (C=O) groups is 2. The molecule has 1 heterocycles. The highest BCUT2D eigenvalue weighted by molar-refractivity contribution is 6.46. The monoisotopic (exact) mass is 482 g/mol. The maximum Gasteiger partial charge on any atom is 0.295 e. The molecule has 3 rings (SSSR count). The minimum atomic E-state index is -0.767. The highest BCUT2D eigenvalue weighted by Gasteiger charge is 2.46. The van der Waals surface area contributed by atoms with Gasteiger partial charge in [0.25, 0.3) is 11.7 Å². The van der Waals surface area contributed by atoms with Gasteiger partial charge in [-0.05, 0) is 76.8 Å². The summed E-state index contributed by atoms with van der Waals surface area (Å²) < 4.78 is 16.9. The molecule has 1 atom stereocenters. The van der Waals surface area contributed by atoms with Gasteiger partial charge >= 0.3 is 0 Å². The van der Waals surface area contributed by atoms with Crippen LogP contribution in [0.5, 0.6) is 17.2 Å². The third kappa shape index (κ3) is 5.77. The average Bonchev–Trinajstić information content (AvgIpc) is 3.09. The molecule has 188 valence electrons. The first-order valence-electron chi connectivity index (χ1n) is 11.9. The van der Waals surface area contributed by atoms with E-state index < -0.39 is 17.7 Å². The topological polar surface area (TPSA) is 88.5 Å². The first kappa shape index (κ1) is 26.1. The zero-order chi connectivity index (χ0) is 25.5. The Bertz CT molecular complexity index is 1080. The van der Waals surface area contributed by atoms with Gasteiger partial charge in [-0.2, -0.15) is 0 Å².